The number of carbonyl (C=O) groups excluding carboxylic acids is 1. The normalized spacial score (nSPS) is 16.2. The molecule has 2 amide bonds. The molecule has 2 aliphatic rings. The Hall–Kier alpha value is -3.71. The van der Waals surface area contributed by atoms with E-state index in [4.69, 9.17) is 9.47 Å². The van der Waals surface area contributed by atoms with Crippen LogP contribution in [0.5, 0.6) is 11.5 Å². The Morgan fingerprint density at radius 3 is 2.61 bits per heavy atom. The van der Waals surface area contributed by atoms with Gasteiger partial charge in [-0.2, -0.15) is 0 Å². The SMILES string of the molecule is CCc1ccc([C@H]2c3cccn3-c3sc4c(c3CN2C(=O)Nc2cc(OC)ccc2OC)CCCC4)cc1. The molecule has 0 bridgehead atoms. The van der Waals surface area contributed by atoms with Crippen molar-refractivity contribution >= 4 is 23.1 Å². The number of hydrogen-bond acceptors (Lipinski definition) is 4. The van der Waals surface area contributed by atoms with Gasteiger partial charge < -0.3 is 24.3 Å². The number of urea groups is 1. The molecule has 0 spiro atoms. The van der Waals surface area contributed by atoms with E-state index in [0.29, 0.717) is 23.7 Å². The summed E-state index contributed by atoms with van der Waals surface area (Å²) in [5, 5.41) is 4.41. The maximum absolute atomic E-state index is 14.2. The smallest absolute Gasteiger partial charge is 0.323 e. The number of ether oxygens (including phenoxy) is 2. The third-order valence-corrected chi connectivity index (χ3v) is 9.13. The summed E-state index contributed by atoms with van der Waals surface area (Å²) in [6.07, 6.45) is 7.76. The number of carbonyl (C=O) groups is 1. The average Bonchev–Trinajstić information content (AvgIpc) is 3.55. The number of nitrogens with one attached hydrogen (secondary N) is 1. The topological polar surface area (TPSA) is 55.7 Å². The molecule has 1 aliphatic heterocycles. The van der Waals surface area contributed by atoms with E-state index in [0.717, 1.165) is 30.5 Å². The molecule has 7 heteroatoms. The number of aryl methyl sites for hydroxylation is 2. The lowest BCUT2D eigenvalue weighted by atomic mass is 9.95. The summed E-state index contributed by atoms with van der Waals surface area (Å²) in [5.74, 6) is 1.25. The minimum absolute atomic E-state index is 0.169. The summed E-state index contributed by atoms with van der Waals surface area (Å²) in [6, 6.07) is 18.0. The first-order valence-corrected chi connectivity index (χ1v) is 14.1. The molecule has 6 nitrogen and oxygen atoms in total. The fraction of sp³-hybridized carbons (Fsp3) is 0.323. The second-order valence-corrected chi connectivity index (χ2v) is 11.0. The highest BCUT2D eigenvalue weighted by atomic mass is 32.1. The fourth-order valence-corrected chi connectivity index (χ4v) is 7.18. The number of hydrogen-bond donors (Lipinski definition) is 1. The predicted octanol–water partition coefficient (Wildman–Crippen LogP) is 7.13. The Morgan fingerprint density at radius 1 is 1.03 bits per heavy atom. The zero-order valence-corrected chi connectivity index (χ0v) is 22.9. The standard InChI is InChI=1S/C31H33N3O3S/c1-4-20-11-13-21(14-12-20)29-26-9-7-17-33(26)30-24(23-8-5-6-10-28(23)38-30)19-34(29)31(35)32-25-18-22(36-2)15-16-27(25)37-3/h7,9,11-18,29H,4-6,8,10,19H2,1-3H3,(H,32,35)/t29-/m0/s1. The van der Waals surface area contributed by atoms with Crippen molar-refractivity contribution in [2.24, 2.45) is 0 Å². The Kier molecular flexibility index (Phi) is 6.62. The Labute approximate surface area is 227 Å². The third-order valence-electron chi connectivity index (χ3n) is 7.79. The molecular weight excluding hydrogens is 494 g/mol. The lowest BCUT2D eigenvalue weighted by Crippen LogP contribution is -2.38. The van der Waals surface area contributed by atoms with E-state index in [1.165, 1.54) is 39.4 Å². The molecular formula is C31H33N3O3S. The van der Waals surface area contributed by atoms with E-state index < -0.39 is 0 Å². The van der Waals surface area contributed by atoms with Crippen LogP contribution in [0.3, 0.4) is 0 Å². The molecule has 0 saturated carbocycles. The van der Waals surface area contributed by atoms with Gasteiger partial charge in [-0.3, -0.25) is 0 Å². The second-order valence-electron chi connectivity index (χ2n) is 9.92. The van der Waals surface area contributed by atoms with Gasteiger partial charge in [0.15, 0.2) is 0 Å². The van der Waals surface area contributed by atoms with Crippen LogP contribution in [0.25, 0.3) is 5.00 Å². The number of methoxy groups -OCH3 is 2. The van der Waals surface area contributed by atoms with Gasteiger partial charge in [0.25, 0.3) is 0 Å². The van der Waals surface area contributed by atoms with Gasteiger partial charge in [0.05, 0.1) is 38.2 Å². The highest BCUT2D eigenvalue weighted by molar-refractivity contribution is 7.15. The summed E-state index contributed by atoms with van der Waals surface area (Å²) >= 11 is 1.90. The highest BCUT2D eigenvalue weighted by Crippen LogP contribution is 2.44. The molecule has 0 fully saturated rings. The maximum Gasteiger partial charge on any atom is 0.323 e. The minimum atomic E-state index is -0.244. The van der Waals surface area contributed by atoms with Crippen molar-refractivity contribution in [2.45, 2.75) is 51.6 Å². The number of aromatic nitrogens is 1. The van der Waals surface area contributed by atoms with Crippen LogP contribution in [-0.4, -0.2) is 29.7 Å². The summed E-state index contributed by atoms with van der Waals surface area (Å²) in [7, 11) is 3.23. The van der Waals surface area contributed by atoms with E-state index in [9.17, 15) is 4.79 Å². The molecule has 0 saturated heterocycles. The molecule has 6 rings (SSSR count). The quantitative estimate of drug-likeness (QED) is 0.300. The van der Waals surface area contributed by atoms with Crippen LogP contribution in [0.2, 0.25) is 0 Å². The van der Waals surface area contributed by atoms with Gasteiger partial charge in [-0.15, -0.1) is 11.3 Å². The highest BCUT2D eigenvalue weighted by Gasteiger charge is 2.36. The first kappa shape index (κ1) is 24.6. The number of thiophene rings is 1. The first-order valence-electron chi connectivity index (χ1n) is 13.3. The van der Waals surface area contributed by atoms with Gasteiger partial charge in [0.1, 0.15) is 16.5 Å². The number of nitrogens with zero attached hydrogens (tertiary/aromatic N) is 2. The van der Waals surface area contributed by atoms with E-state index in [2.05, 4.69) is 59.4 Å². The number of anilines is 1. The average molecular weight is 528 g/mol. The number of fused-ring (bicyclic) bond motifs is 5. The minimum Gasteiger partial charge on any atom is -0.497 e. The number of amides is 2. The lowest BCUT2D eigenvalue weighted by molar-refractivity contribution is 0.194. The van der Waals surface area contributed by atoms with Crippen LogP contribution < -0.4 is 14.8 Å². The lowest BCUT2D eigenvalue weighted by Gasteiger charge is -2.31. The Bertz CT molecular complexity index is 1470. The number of rotatable bonds is 5. The van der Waals surface area contributed by atoms with Crippen LogP contribution in [-0.2, 0) is 25.8 Å². The van der Waals surface area contributed by atoms with Gasteiger partial charge in [0.2, 0.25) is 0 Å². The van der Waals surface area contributed by atoms with Gasteiger partial charge >= 0.3 is 6.03 Å². The van der Waals surface area contributed by atoms with Gasteiger partial charge in [-0.05, 0) is 73.1 Å². The Morgan fingerprint density at radius 2 is 1.84 bits per heavy atom. The summed E-state index contributed by atoms with van der Waals surface area (Å²) in [5.41, 5.74) is 6.78. The van der Waals surface area contributed by atoms with E-state index in [-0.39, 0.29) is 12.1 Å². The monoisotopic (exact) mass is 527 g/mol. The van der Waals surface area contributed by atoms with Crippen molar-refractivity contribution in [1.82, 2.24) is 9.47 Å². The second kappa shape index (κ2) is 10.2. The van der Waals surface area contributed by atoms with Crippen LogP contribution in [0.4, 0.5) is 10.5 Å². The van der Waals surface area contributed by atoms with Crippen molar-refractivity contribution in [1.29, 1.82) is 0 Å². The van der Waals surface area contributed by atoms with Gasteiger partial charge in [-0.25, -0.2) is 4.79 Å². The predicted molar refractivity (Wildman–Crippen MR) is 152 cm³/mol. The van der Waals surface area contributed by atoms with Crippen molar-refractivity contribution in [3.8, 4) is 16.5 Å². The fourth-order valence-electron chi connectivity index (χ4n) is 5.77. The van der Waals surface area contributed by atoms with Gasteiger partial charge in [-0.1, -0.05) is 31.2 Å². The molecule has 2 aromatic heterocycles. The molecule has 38 heavy (non-hydrogen) atoms. The van der Waals surface area contributed by atoms with Gasteiger partial charge in [0, 0.05) is 22.7 Å². The summed E-state index contributed by atoms with van der Waals surface area (Å²) in [4.78, 5) is 17.7. The third kappa shape index (κ3) is 4.25. The molecule has 0 unspecified atom stereocenters. The van der Waals surface area contributed by atoms with Crippen LogP contribution in [0.1, 0.15) is 58.6 Å². The molecule has 1 N–H and O–H groups in total. The summed E-state index contributed by atoms with van der Waals surface area (Å²) < 4.78 is 13.3. The summed E-state index contributed by atoms with van der Waals surface area (Å²) in [6.45, 7) is 2.70. The van der Waals surface area contributed by atoms with Crippen molar-refractivity contribution < 1.29 is 14.3 Å². The zero-order valence-electron chi connectivity index (χ0n) is 22.1. The number of benzene rings is 2. The van der Waals surface area contributed by atoms with Crippen molar-refractivity contribution in [3.63, 3.8) is 0 Å². The molecule has 0 radical (unpaired) electrons. The molecule has 3 heterocycles. The molecule has 1 aliphatic carbocycles. The van der Waals surface area contributed by atoms with Crippen molar-refractivity contribution in [3.05, 3.63) is 93.6 Å². The van der Waals surface area contributed by atoms with E-state index >= 15 is 0 Å². The van der Waals surface area contributed by atoms with Crippen LogP contribution in [0, 0.1) is 0 Å². The largest absolute Gasteiger partial charge is 0.497 e. The molecule has 4 aromatic rings. The van der Waals surface area contributed by atoms with E-state index in [1.54, 1.807) is 20.3 Å². The zero-order chi connectivity index (χ0) is 26.2. The molecule has 2 aromatic carbocycles. The first-order chi connectivity index (χ1) is 18.6. The Balaban J connectivity index is 1.48. The van der Waals surface area contributed by atoms with Crippen molar-refractivity contribution in [2.75, 3.05) is 19.5 Å². The maximum atomic E-state index is 14.2. The van der Waals surface area contributed by atoms with E-state index in [1.807, 2.05) is 28.4 Å². The molecule has 196 valence electrons. The molecule has 1 atom stereocenters. The van der Waals surface area contributed by atoms with Crippen LogP contribution in [0.15, 0.2) is 60.8 Å². The van der Waals surface area contributed by atoms with Crippen LogP contribution >= 0.6 is 11.3 Å².